The van der Waals surface area contributed by atoms with E-state index >= 15 is 0 Å². The summed E-state index contributed by atoms with van der Waals surface area (Å²) in [5.41, 5.74) is 3.39. The highest BCUT2D eigenvalue weighted by Gasteiger charge is 2.27. The molecule has 0 unspecified atom stereocenters. The molecule has 0 bridgehead atoms. The normalized spacial score (nSPS) is 11.3. The zero-order chi connectivity index (χ0) is 18.7. The lowest BCUT2D eigenvalue weighted by Crippen LogP contribution is -2.31. The van der Waals surface area contributed by atoms with Crippen LogP contribution in [0.5, 0.6) is 0 Å². The maximum atomic E-state index is 13.4. The van der Waals surface area contributed by atoms with Crippen LogP contribution in [0.15, 0.2) is 77.7 Å². The van der Waals surface area contributed by atoms with Gasteiger partial charge in [0, 0.05) is 5.02 Å². The lowest BCUT2D eigenvalue weighted by Gasteiger charge is -2.27. The molecule has 0 aliphatic heterocycles. The van der Waals surface area contributed by atoms with Crippen LogP contribution in [0, 0.1) is 13.8 Å². The summed E-state index contributed by atoms with van der Waals surface area (Å²) >= 11 is 6.30. The molecule has 0 aliphatic carbocycles. The number of halogens is 1. The lowest BCUT2D eigenvalue weighted by molar-refractivity contribution is 0.590. The fraction of sp³-hybridized carbons (Fsp3) is 0.143. The first-order valence-corrected chi connectivity index (χ1v) is 10.1. The molecular weight excluding hydrogens is 366 g/mol. The molecule has 0 saturated carbocycles. The first kappa shape index (κ1) is 18.5. The van der Waals surface area contributed by atoms with Crippen molar-refractivity contribution in [2.24, 2.45) is 0 Å². The Balaban J connectivity index is 2.17. The number of benzene rings is 3. The maximum absolute atomic E-state index is 13.4. The number of aryl methyl sites for hydroxylation is 1. The second kappa shape index (κ2) is 7.52. The Kier molecular flexibility index (Phi) is 5.35. The number of anilines is 1. The third-order valence-electron chi connectivity index (χ3n) is 4.45. The van der Waals surface area contributed by atoms with Crippen molar-refractivity contribution in [3.63, 3.8) is 0 Å². The summed E-state index contributed by atoms with van der Waals surface area (Å²) < 4.78 is 28.2. The lowest BCUT2D eigenvalue weighted by atomic mass is 10.1. The van der Waals surface area contributed by atoms with Crippen LogP contribution < -0.4 is 4.31 Å². The van der Waals surface area contributed by atoms with E-state index in [2.05, 4.69) is 0 Å². The van der Waals surface area contributed by atoms with Gasteiger partial charge in [-0.2, -0.15) is 0 Å². The van der Waals surface area contributed by atoms with Gasteiger partial charge in [-0.05, 0) is 54.8 Å². The van der Waals surface area contributed by atoms with Crippen molar-refractivity contribution in [2.75, 3.05) is 4.31 Å². The third kappa shape index (κ3) is 3.62. The molecule has 26 heavy (non-hydrogen) atoms. The van der Waals surface area contributed by atoms with E-state index in [1.165, 1.54) is 4.31 Å². The van der Waals surface area contributed by atoms with Crippen LogP contribution in [0.3, 0.4) is 0 Å². The Labute approximate surface area is 159 Å². The summed E-state index contributed by atoms with van der Waals surface area (Å²) in [4.78, 5) is 0.257. The van der Waals surface area contributed by atoms with Crippen LogP contribution in [0.25, 0.3) is 0 Å². The van der Waals surface area contributed by atoms with Crippen molar-refractivity contribution in [1.82, 2.24) is 0 Å². The van der Waals surface area contributed by atoms with Crippen LogP contribution in [0.1, 0.15) is 16.7 Å². The topological polar surface area (TPSA) is 37.4 Å². The quantitative estimate of drug-likeness (QED) is 0.593. The third-order valence-corrected chi connectivity index (χ3v) is 6.59. The SMILES string of the molecule is Cc1cccc(N(Cc2ccccc2Cl)S(=O)(=O)c2ccccc2)c1C. The highest BCUT2D eigenvalue weighted by molar-refractivity contribution is 7.92. The van der Waals surface area contributed by atoms with Gasteiger partial charge >= 0.3 is 0 Å². The fourth-order valence-electron chi connectivity index (χ4n) is 2.81. The Morgan fingerprint density at radius 3 is 2.19 bits per heavy atom. The average Bonchev–Trinajstić information content (AvgIpc) is 2.64. The fourth-order valence-corrected chi connectivity index (χ4v) is 4.52. The van der Waals surface area contributed by atoms with Gasteiger partial charge in [-0.1, -0.05) is 60.1 Å². The summed E-state index contributed by atoms with van der Waals surface area (Å²) in [5, 5.41) is 0.547. The van der Waals surface area contributed by atoms with Crippen molar-refractivity contribution >= 4 is 27.3 Å². The van der Waals surface area contributed by atoms with E-state index in [1.54, 1.807) is 36.4 Å². The minimum atomic E-state index is -3.73. The van der Waals surface area contributed by atoms with E-state index < -0.39 is 10.0 Å². The van der Waals surface area contributed by atoms with Crippen molar-refractivity contribution in [1.29, 1.82) is 0 Å². The summed E-state index contributed by atoms with van der Waals surface area (Å²) in [6.07, 6.45) is 0. The van der Waals surface area contributed by atoms with E-state index in [1.807, 2.05) is 50.2 Å². The minimum Gasteiger partial charge on any atom is -0.262 e. The van der Waals surface area contributed by atoms with E-state index in [9.17, 15) is 8.42 Å². The van der Waals surface area contributed by atoms with Crippen LogP contribution >= 0.6 is 11.6 Å². The summed E-state index contributed by atoms with van der Waals surface area (Å²) in [6.45, 7) is 4.08. The average molecular weight is 386 g/mol. The molecule has 0 spiro atoms. The standard InChI is InChI=1S/C21H20ClNO2S/c1-16-9-8-14-21(17(16)2)23(15-18-10-6-7-13-20(18)22)26(24,25)19-11-4-3-5-12-19/h3-14H,15H2,1-2H3. The molecule has 0 aliphatic rings. The van der Waals surface area contributed by atoms with Gasteiger partial charge in [0.2, 0.25) is 0 Å². The Bertz CT molecular complexity index is 1020. The predicted octanol–water partition coefficient (Wildman–Crippen LogP) is 5.35. The van der Waals surface area contributed by atoms with E-state index in [4.69, 9.17) is 11.6 Å². The number of nitrogens with zero attached hydrogens (tertiary/aromatic N) is 1. The van der Waals surface area contributed by atoms with E-state index in [0.717, 1.165) is 16.7 Å². The van der Waals surface area contributed by atoms with Crippen LogP contribution in [-0.2, 0) is 16.6 Å². The van der Waals surface area contributed by atoms with Crippen molar-refractivity contribution in [3.8, 4) is 0 Å². The van der Waals surface area contributed by atoms with Gasteiger partial charge in [-0.25, -0.2) is 8.42 Å². The zero-order valence-corrected chi connectivity index (χ0v) is 16.3. The second-order valence-electron chi connectivity index (χ2n) is 6.14. The first-order valence-electron chi connectivity index (χ1n) is 8.28. The molecule has 5 heteroatoms. The Morgan fingerprint density at radius 1 is 0.846 bits per heavy atom. The van der Waals surface area contributed by atoms with E-state index in [-0.39, 0.29) is 11.4 Å². The molecule has 0 N–H and O–H groups in total. The number of sulfonamides is 1. The highest BCUT2D eigenvalue weighted by Crippen LogP contribution is 2.31. The Hall–Kier alpha value is -2.30. The summed E-state index contributed by atoms with van der Waals surface area (Å²) in [5.74, 6) is 0. The molecular formula is C21H20ClNO2S. The van der Waals surface area contributed by atoms with Gasteiger partial charge in [-0.3, -0.25) is 4.31 Å². The van der Waals surface area contributed by atoms with Gasteiger partial charge in [0.05, 0.1) is 17.1 Å². The molecule has 0 radical (unpaired) electrons. The number of hydrogen-bond donors (Lipinski definition) is 0. The maximum Gasteiger partial charge on any atom is 0.264 e. The molecule has 3 nitrogen and oxygen atoms in total. The van der Waals surface area contributed by atoms with Crippen LogP contribution in [0.4, 0.5) is 5.69 Å². The van der Waals surface area contributed by atoms with Gasteiger partial charge in [-0.15, -0.1) is 0 Å². The molecule has 3 aromatic rings. The van der Waals surface area contributed by atoms with Gasteiger partial charge < -0.3 is 0 Å². The molecule has 0 saturated heterocycles. The smallest absolute Gasteiger partial charge is 0.262 e. The van der Waals surface area contributed by atoms with Crippen molar-refractivity contribution in [3.05, 3.63) is 94.5 Å². The molecule has 0 heterocycles. The monoisotopic (exact) mass is 385 g/mol. The number of hydrogen-bond acceptors (Lipinski definition) is 2. The number of rotatable bonds is 5. The van der Waals surface area contributed by atoms with Crippen LogP contribution in [0.2, 0.25) is 5.02 Å². The second-order valence-corrected chi connectivity index (χ2v) is 8.40. The molecule has 0 fully saturated rings. The van der Waals surface area contributed by atoms with Crippen LogP contribution in [-0.4, -0.2) is 8.42 Å². The van der Waals surface area contributed by atoms with Crippen molar-refractivity contribution in [2.45, 2.75) is 25.3 Å². The molecule has 0 aromatic heterocycles. The van der Waals surface area contributed by atoms with Gasteiger partial charge in [0.1, 0.15) is 0 Å². The highest BCUT2D eigenvalue weighted by atomic mass is 35.5. The van der Waals surface area contributed by atoms with Gasteiger partial charge in [0.15, 0.2) is 0 Å². The minimum absolute atomic E-state index is 0.168. The largest absolute Gasteiger partial charge is 0.264 e. The predicted molar refractivity (Wildman–Crippen MR) is 107 cm³/mol. The molecule has 3 aromatic carbocycles. The molecule has 0 amide bonds. The first-order chi connectivity index (χ1) is 12.4. The molecule has 134 valence electrons. The Morgan fingerprint density at radius 2 is 1.50 bits per heavy atom. The molecule has 3 rings (SSSR count). The summed E-state index contributed by atoms with van der Waals surface area (Å²) in [7, 11) is -3.73. The van der Waals surface area contributed by atoms with Crippen molar-refractivity contribution < 1.29 is 8.42 Å². The van der Waals surface area contributed by atoms with Gasteiger partial charge in [0.25, 0.3) is 10.0 Å². The van der Waals surface area contributed by atoms with E-state index in [0.29, 0.717) is 10.7 Å². The zero-order valence-electron chi connectivity index (χ0n) is 14.7. The molecule has 0 atom stereocenters. The summed E-state index contributed by atoms with van der Waals surface area (Å²) in [6, 6.07) is 21.5.